The molecule has 1 aromatic carbocycles. The Hall–Kier alpha value is -3.87. The summed E-state index contributed by atoms with van der Waals surface area (Å²) < 4.78 is 14.7. The van der Waals surface area contributed by atoms with Crippen LogP contribution < -0.4 is 27.0 Å². The van der Waals surface area contributed by atoms with E-state index in [2.05, 4.69) is 26.0 Å². The van der Waals surface area contributed by atoms with Gasteiger partial charge in [0.2, 0.25) is 11.8 Å². The molecule has 1 rings (SSSR count). The van der Waals surface area contributed by atoms with Gasteiger partial charge in [0.25, 0.3) is 0 Å². The number of methoxy groups -OCH3 is 2. The molecule has 0 aromatic heterocycles. The highest BCUT2D eigenvalue weighted by Crippen LogP contribution is 2.22. The van der Waals surface area contributed by atoms with Crippen LogP contribution in [-0.4, -0.2) is 74.3 Å². The molecule has 0 aliphatic heterocycles. The number of nitrogens with two attached hydrogens (primary N) is 1. The zero-order valence-corrected chi connectivity index (χ0v) is 24.5. The van der Waals surface area contributed by atoms with Crippen LogP contribution >= 0.6 is 0 Å². The molecule has 0 saturated carbocycles. The second-order valence-electron chi connectivity index (χ2n) is 10.5. The van der Waals surface area contributed by atoms with E-state index in [4.69, 9.17) is 15.2 Å². The second-order valence-corrected chi connectivity index (χ2v) is 10.5. The van der Waals surface area contributed by atoms with E-state index in [0.29, 0.717) is 25.1 Å². The van der Waals surface area contributed by atoms with Crippen LogP contribution in [-0.2, 0) is 28.6 Å². The van der Waals surface area contributed by atoms with E-state index >= 15 is 0 Å². The number of nitrogens with one attached hydrogen (secondary N) is 4. The molecule has 40 heavy (non-hydrogen) atoms. The van der Waals surface area contributed by atoms with Crippen molar-refractivity contribution in [3.8, 4) is 0 Å². The van der Waals surface area contributed by atoms with Crippen molar-refractivity contribution in [2.24, 2.45) is 11.7 Å². The fourth-order valence-corrected chi connectivity index (χ4v) is 3.45. The first-order chi connectivity index (χ1) is 18.6. The Morgan fingerprint density at radius 3 is 2.15 bits per heavy atom. The number of hydrogen-bond acceptors (Lipinski definition) is 10. The third kappa shape index (κ3) is 11.5. The minimum absolute atomic E-state index is 0.0947. The van der Waals surface area contributed by atoms with E-state index < -0.39 is 53.6 Å². The van der Waals surface area contributed by atoms with Crippen LogP contribution in [0.15, 0.2) is 18.2 Å². The summed E-state index contributed by atoms with van der Waals surface area (Å²) in [5.41, 5.74) is 5.85. The predicted molar refractivity (Wildman–Crippen MR) is 150 cm³/mol. The van der Waals surface area contributed by atoms with Crippen LogP contribution in [0, 0.1) is 5.92 Å². The molecular formula is C27H43N5O8. The number of carbonyl (C=O) groups is 5. The maximum atomic E-state index is 12.9. The van der Waals surface area contributed by atoms with Gasteiger partial charge in [-0.25, -0.2) is 9.59 Å². The predicted octanol–water partition coefficient (Wildman–Crippen LogP) is 2.16. The quantitative estimate of drug-likeness (QED) is 0.135. The van der Waals surface area contributed by atoms with E-state index in [1.165, 1.54) is 33.3 Å². The Bertz CT molecular complexity index is 1050. The molecule has 0 saturated heterocycles. The molecule has 0 heterocycles. The summed E-state index contributed by atoms with van der Waals surface area (Å²) in [4.78, 5) is 61.8. The smallest absolute Gasteiger partial charge is 0.408 e. The highest BCUT2D eigenvalue weighted by atomic mass is 16.6. The highest BCUT2D eigenvalue weighted by molar-refractivity contribution is 6.04. The Morgan fingerprint density at radius 1 is 0.950 bits per heavy atom. The molecule has 1 aromatic rings. The summed E-state index contributed by atoms with van der Waals surface area (Å²) in [6, 6.07) is 2.04. The molecule has 0 bridgehead atoms. The van der Waals surface area contributed by atoms with E-state index in [1.54, 1.807) is 40.7 Å². The lowest BCUT2D eigenvalue weighted by atomic mass is 10.0. The molecule has 3 amide bonds. The van der Waals surface area contributed by atoms with Crippen molar-refractivity contribution in [2.75, 3.05) is 31.4 Å². The number of benzene rings is 1. The van der Waals surface area contributed by atoms with E-state index in [0.717, 1.165) is 0 Å². The first-order valence-corrected chi connectivity index (χ1v) is 13.0. The van der Waals surface area contributed by atoms with Crippen molar-refractivity contribution in [2.45, 2.75) is 78.1 Å². The van der Waals surface area contributed by atoms with Crippen molar-refractivity contribution in [3.05, 3.63) is 23.8 Å². The highest BCUT2D eigenvalue weighted by Gasteiger charge is 2.29. The van der Waals surface area contributed by atoms with Crippen LogP contribution in [0.3, 0.4) is 0 Å². The standard InChI is InChI=1S/C27H43N5O8/c1-15(2)21(32-26(37)40-27(4,5)6)23(34)30-16(3)22(33)31-20-12-11-17(14-18(20)24(35)38-7)29-13-9-10-19(28)25(36)39-8/h11-12,14-16,19,21,29H,9-10,13,28H2,1-8H3,(H,30,34)(H,31,33)(H,32,37). The summed E-state index contributed by atoms with van der Waals surface area (Å²) in [7, 11) is 2.49. The summed E-state index contributed by atoms with van der Waals surface area (Å²) in [5, 5.41) is 10.9. The lowest BCUT2D eigenvalue weighted by Crippen LogP contribution is -2.54. The van der Waals surface area contributed by atoms with Gasteiger partial charge in [-0.15, -0.1) is 0 Å². The largest absolute Gasteiger partial charge is 0.468 e. The number of amides is 3. The number of ether oxygens (including phenoxy) is 3. The van der Waals surface area contributed by atoms with Gasteiger partial charge in [0, 0.05) is 12.2 Å². The molecule has 6 N–H and O–H groups in total. The Balaban J connectivity index is 2.87. The summed E-state index contributed by atoms with van der Waals surface area (Å²) in [6.45, 7) is 10.6. The van der Waals surface area contributed by atoms with Crippen molar-refractivity contribution in [3.63, 3.8) is 0 Å². The molecule has 0 fully saturated rings. The summed E-state index contributed by atoms with van der Waals surface area (Å²) in [5.74, 6) is -2.61. The number of anilines is 2. The van der Waals surface area contributed by atoms with Crippen LogP contribution in [0.25, 0.3) is 0 Å². The van der Waals surface area contributed by atoms with Crippen molar-refractivity contribution < 1.29 is 38.2 Å². The third-order valence-electron chi connectivity index (χ3n) is 5.58. The van der Waals surface area contributed by atoms with Crippen LogP contribution in [0.2, 0.25) is 0 Å². The zero-order chi connectivity index (χ0) is 30.6. The molecule has 0 aliphatic carbocycles. The third-order valence-corrected chi connectivity index (χ3v) is 5.58. The first kappa shape index (κ1) is 34.2. The normalized spacial score (nSPS) is 13.3. The number of rotatable bonds is 13. The fourth-order valence-electron chi connectivity index (χ4n) is 3.45. The molecule has 13 nitrogen and oxygen atoms in total. The number of hydrogen-bond donors (Lipinski definition) is 5. The lowest BCUT2D eigenvalue weighted by molar-refractivity contribution is -0.142. The molecule has 3 atom stereocenters. The fraction of sp³-hybridized carbons (Fsp3) is 0.593. The second kappa shape index (κ2) is 15.7. The van der Waals surface area contributed by atoms with Gasteiger partial charge < -0.3 is 41.2 Å². The van der Waals surface area contributed by atoms with E-state index in [9.17, 15) is 24.0 Å². The molecule has 13 heteroatoms. The van der Waals surface area contributed by atoms with Gasteiger partial charge in [-0.3, -0.25) is 14.4 Å². The number of carbonyl (C=O) groups excluding carboxylic acids is 5. The zero-order valence-electron chi connectivity index (χ0n) is 24.5. The minimum Gasteiger partial charge on any atom is -0.468 e. The first-order valence-electron chi connectivity index (χ1n) is 13.0. The molecule has 0 spiro atoms. The minimum atomic E-state index is -1.00. The summed E-state index contributed by atoms with van der Waals surface area (Å²) in [6.07, 6.45) is 0.229. The number of alkyl carbamates (subject to hydrolysis) is 1. The van der Waals surface area contributed by atoms with Gasteiger partial charge in [-0.05, 0) is 64.7 Å². The lowest BCUT2D eigenvalue weighted by Gasteiger charge is -2.26. The Morgan fingerprint density at radius 2 is 1.60 bits per heavy atom. The maximum absolute atomic E-state index is 12.9. The molecular weight excluding hydrogens is 522 g/mol. The Kier molecular flexibility index (Phi) is 13.4. The van der Waals surface area contributed by atoms with Crippen molar-refractivity contribution in [1.29, 1.82) is 0 Å². The monoisotopic (exact) mass is 565 g/mol. The molecule has 0 aliphatic rings. The summed E-state index contributed by atoms with van der Waals surface area (Å²) >= 11 is 0. The van der Waals surface area contributed by atoms with E-state index in [1.807, 2.05) is 0 Å². The number of esters is 2. The van der Waals surface area contributed by atoms with Crippen LogP contribution in [0.1, 0.15) is 64.7 Å². The van der Waals surface area contributed by atoms with Gasteiger partial charge >= 0.3 is 18.0 Å². The Labute approximate surface area is 235 Å². The van der Waals surface area contributed by atoms with Crippen LogP contribution in [0.4, 0.5) is 16.2 Å². The molecule has 3 unspecified atom stereocenters. The van der Waals surface area contributed by atoms with Crippen LogP contribution in [0.5, 0.6) is 0 Å². The van der Waals surface area contributed by atoms with Gasteiger partial charge in [-0.2, -0.15) is 0 Å². The van der Waals surface area contributed by atoms with Gasteiger partial charge in [0.05, 0.1) is 25.5 Å². The van der Waals surface area contributed by atoms with Gasteiger partial charge in [0.1, 0.15) is 23.7 Å². The average Bonchev–Trinajstić information content (AvgIpc) is 2.87. The molecule has 0 radical (unpaired) electrons. The SMILES string of the molecule is COC(=O)c1cc(NCCCC(N)C(=O)OC)ccc1NC(=O)C(C)NC(=O)C(NC(=O)OC(C)(C)C)C(C)C. The molecule has 224 valence electrons. The van der Waals surface area contributed by atoms with E-state index in [-0.39, 0.29) is 17.2 Å². The maximum Gasteiger partial charge on any atom is 0.408 e. The van der Waals surface area contributed by atoms with Crippen molar-refractivity contribution in [1.82, 2.24) is 10.6 Å². The average molecular weight is 566 g/mol. The van der Waals surface area contributed by atoms with Gasteiger partial charge in [-0.1, -0.05) is 13.8 Å². The topological polar surface area (TPSA) is 187 Å². The van der Waals surface area contributed by atoms with Gasteiger partial charge in [0.15, 0.2) is 0 Å². The van der Waals surface area contributed by atoms with Crippen molar-refractivity contribution >= 4 is 41.2 Å².